The van der Waals surface area contributed by atoms with E-state index in [2.05, 4.69) is 17.9 Å². The summed E-state index contributed by atoms with van der Waals surface area (Å²) in [5.74, 6) is 0.215. The number of carbonyl (C=O) groups is 1. The molecule has 1 saturated heterocycles. The number of aryl methyl sites for hydroxylation is 1. The highest BCUT2D eigenvalue weighted by atomic mass is 35.5. The number of anilines is 1. The molecule has 1 fully saturated rings. The van der Waals surface area contributed by atoms with Crippen molar-refractivity contribution < 1.29 is 4.79 Å². The molecule has 1 amide bonds. The van der Waals surface area contributed by atoms with Crippen LogP contribution in [-0.2, 0) is 11.2 Å². The lowest BCUT2D eigenvalue weighted by Crippen LogP contribution is -2.48. The SMILES string of the molecule is Cc1nn(-c2ccccc2)c(C)c1CCC(=O)N1CCN(c2cccc(Cl)c2)CC1. The van der Waals surface area contributed by atoms with E-state index < -0.39 is 0 Å². The molecule has 1 aliphatic rings. The summed E-state index contributed by atoms with van der Waals surface area (Å²) in [5, 5.41) is 5.44. The van der Waals surface area contributed by atoms with Gasteiger partial charge in [-0.15, -0.1) is 0 Å². The average Bonchev–Trinajstić information content (AvgIpc) is 3.06. The monoisotopic (exact) mass is 422 g/mol. The second kappa shape index (κ2) is 8.92. The standard InChI is InChI=1S/C24H27ClN4O/c1-18-23(19(2)29(26-18)21-8-4-3-5-9-21)11-12-24(30)28-15-13-27(14-16-28)22-10-6-7-20(25)17-22/h3-10,17H,11-16H2,1-2H3. The van der Waals surface area contributed by atoms with Gasteiger partial charge in [-0.3, -0.25) is 4.79 Å². The Hall–Kier alpha value is -2.79. The van der Waals surface area contributed by atoms with Gasteiger partial charge >= 0.3 is 0 Å². The molecule has 0 saturated carbocycles. The van der Waals surface area contributed by atoms with E-state index in [9.17, 15) is 4.79 Å². The van der Waals surface area contributed by atoms with E-state index in [1.165, 1.54) is 5.56 Å². The maximum atomic E-state index is 12.8. The van der Waals surface area contributed by atoms with E-state index in [-0.39, 0.29) is 5.91 Å². The van der Waals surface area contributed by atoms with Crippen molar-refractivity contribution in [3.63, 3.8) is 0 Å². The number of amides is 1. The van der Waals surface area contributed by atoms with Gasteiger partial charge in [0.15, 0.2) is 0 Å². The first-order valence-corrected chi connectivity index (χ1v) is 10.8. The van der Waals surface area contributed by atoms with Gasteiger partial charge in [0.25, 0.3) is 0 Å². The predicted molar refractivity (Wildman–Crippen MR) is 122 cm³/mol. The Morgan fingerprint density at radius 1 is 0.967 bits per heavy atom. The molecule has 156 valence electrons. The summed E-state index contributed by atoms with van der Waals surface area (Å²) in [4.78, 5) is 17.1. The lowest BCUT2D eigenvalue weighted by Gasteiger charge is -2.36. The van der Waals surface area contributed by atoms with Crippen molar-refractivity contribution in [3.05, 3.63) is 76.6 Å². The normalized spacial score (nSPS) is 14.2. The van der Waals surface area contributed by atoms with Crippen LogP contribution in [0.3, 0.4) is 0 Å². The summed E-state index contributed by atoms with van der Waals surface area (Å²) in [7, 11) is 0. The van der Waals surface area contributed by atoms with Crippen LogP contribution in [-0.4, -0.2) is 46.8 Å². The number of carbonyl (C=O) groups excluding carboxylic acids is 1. The summed E-state index contributed by atoms with van der Waals surface area (Å²) in [5.41, 5.74) is 5.44. The number of benzene rings is 2. The molecule has 30 heavy (non-hydrogen) atoms. The van der Waals surface area contributed by atoms with Crippen LogP contribution in [0.1, 0.15) is 23.4 Å². The Bertz CT molecular complexity index is 1020. The van der Waals surface area contributed by atoms with E-state index in [0.29, 0.717) is 6.42 Å². The summed E-state index contributed by atoms with van der Waals surface area (Å²) in [6.45, 7) is 7.25. The quantitative estimate of drug-likeness (QED) is 0.611. The van der Waals surface area contributed by atoms with E-state index in [1.54, 1.807) is 0 Å². The van der Waals surface area contributed by atoms with Gasteiger partial charge in [-0.25, -0.2) is 4.68 Å². The zero-order valence-electron chi connectivity index (χ0n) is 17.5. The third-order valence-corrected chi connectivity index (χ3v) is 6.07. The van der Waals surface area contributed by atoms with Crippen LogP contribution in [0.4, 0.5) is 5.69 Å². The van der Waals surface area contributed by atoms with Gasteiger partial charge in [-0.05, 0) is 56.2 Å². The number of rotatable bonds is 5. The summed E-state index contributed by atoms with van der Waals surface area (Å²) in [6.07, 6.45) is 1.23. The molecule has 0 unspecified atom stereocenters. The number of hydrogen-bond acceptors (Lipinski definition) is 3. The first-order valence-electron chi connectivity index (χ1n) is 10.4. The smallest absolute Gasteiger partial charge is 0.223 e. The molecule has 1 aromatic heterocycles. The molecule has 0 atom stereocenters. The highest BCUT2D eigenvalue weighted by Gasteiger charge is 2.22. The Balaban J connectivity index is 1.35. The maximum Gasteiger partial charge on any atom is 0.223 e. The minimum Gasteiger partial charge on any atom is -0.368 e. The maximum absolute atomic E-state index is 12.8. The van der Waals surface area contributed by atoms with Crippen molar-refractivity contribution in [2.45, 2.75) is 26.7 Å². The largest absolute Gasteiger partial charge is 0.368 e. The fourth-order valence-corrected chi connectivity index (χ4v) is 4.32. The van der Waals surface area contributed by atoms with Crippen LogP contribution >= 0.6 is 11.6 Å². The van der Waals surface area contributed by atoms with Crippen LogP contribution in [0.25, 0.3) is 5.69 Å². The highest BCUT2D eigenvalue weighted by Crippen LogP contribution is 2.22. The van der Waals surface area contributed by atoms with Gasteiger partial charge in [-0.2, -0.15) is 5.10 Å². The zero-order valence-corrected chi connectivity index (χ0v) is 18.3. The number of nitrogens with zero attached hydrogens (tertiary/aromatic N) is 4. The lowest BCUT2D eigenvalue weighted by molar-refractivity contribution is -0.131. The third-order valence-electron chi connectivity index (χ3n) is 5.84. The van der Waals surface area contributed by atoms with E-state index >= 15 is 0 Å². The fourth-order valence-electron chi connectivity index (χ4n) is 4.13. The van der Waals surface area contributed by atoms with E-state index in [4.69, 9.17) is 16.7 Å². The Kier molecular flexibility index (Phi) is 6.09. The second-order valence-electron chi connectivity index (χ2n) is 7.74. The molecule has 3 aromatic rings. The molecule has 0 N–H and O–H groups in total. The van der Waals surface area contributed by atoms with Gasteiger partial charge in [-0.1, -0.05) is 35.9 Å². The Morgan fingerprint density at radius 3 is 2.37 bits per heavy atom. The van der Waals surface area contributed by atoms with Crippen LogP contribution < -0.4 is 4.90 Å². The van der Waals surface area contributed by atoms with Crippen molar-refractivity contribution in [2.24, 2.45) is 0 Å². The fraction of sp³-hybridized carbons (Fsp3) is 0.333. The van der Waals surface area contributed by atoms with E-state index in [0.717, 1.165) is 60.4 Å². The van der Waals surface area contributed by atoms with Crippen molar-refractivity contribution in [3.8, 4) is 5.69 Å². The van der Waals surface area contributed by atoms with Gasteiger partial charge in [0.05, 0.1) is 11.4 Å². The molecule has 1 aliphatic heterocycles. The third kappa shape index (κ3) is 4.36. The van der Waals surface area contributed by atoms with Gasteiger partial charge in [0.2, 0.25) is 5.91 Å². The minimum atomic E-state index is 0.215. The molecule has 6 heteroatoms. The second-order valence-corrected chi connectivity index (χ2v) is 8.18. The molecule has 2 aromatic carbocycles. The zero-order chi connectivity index (χ0) is 21.1. The molecule has 0 radical (unpaired) electrons. The summed E-state index contributed by atoms with van der Waals surface area (Å²) >= 11 is 6.11. The van der Waals surface area contributed by atoms with Crippen molar-refractivity contribution in [1.29, 1.82) is 0 Å². The molecule has 0 aliphatic carbocycles. The van der Waals surface area contributed by atoms with Crippen LogP contribution in [0.5, 0.6) is 0 Å². The molecule has 2 heterocycles. The first kappa shape index (κ1) is 20.5. The number of aromatic nitrogens is 2. The van der Waals surface area contributed by atoms with Crippen molar-refractivity contribution >= 4 is 23.2 Å². The summed E-state index contributed by atoms with van der Waals surface area (Å²) < 4.78 is 1.97. The highest BCUT2D eigenvalue weighted by molar-refractivity contribution is 6.30. The molecule has 0 bridgehead atoms. The summed E-state index contributed by atoms with van der Waals surface area (Å²) in [6, 6.07) is 18.0. The molecule has 0 spiro atoms. The van der Waals surface area contributed by atoms with Crippen LogP contribution in [0, 0.1) is 13.8 Å². The average molecular weight is 423 g/mol. The number of halogens is 1. The number of para-hydroxylation sites is 1. The molecular formula is C24H27ClN4O. The van der Waals surface area contributed by atoms with Gasteiger partial charge in [0, 0.05) is 49.0 Å². The Morgan fingerprint density at radius 2 is 1.67 bits per heavy atom. The molecule has 4 rings (SSSR count). The van der Waals surface area contributed by atoms with Crippen LogP contribution in [0.2, 0.25) is 5.02 Å². The van der Waals surface area contributed by atoms with E-state index in [1.807, 2.05) is 65.0 Å². The Labute approximate surface area is 182 Å². The first-order chi connectivity index (χ1) is 14.5. The minimum absolute atomic E-state index is 0.215. The van der Waals surface area contributed by atoms with Gasteiger partial charge in [0.1, 0.15) is 0 Å². The van der Waals surface area contributed by atoms with Crippen molar-refractivity contribution in [2.75, 3.05) is 31.1 Å². The number of piperazine rings is 1. The predicted octanol–water partition coefficient (Wildman–Crippen LogP) is 4.42. The number of hydrogen-bond donors (Lipinski definition) is 0. The van der Waals surface area contributed by atoms with Crippen molar-refractivity contribution in [1.82, 2.24) is 14.7 Å². The lowest BCUT2D eigenvalue weighted by atomic mass is 10.1. The van der Waals surface area contributed by atoms with Crippen LogP contribution in [0.15, 0.2) is 54.6 Å². The topological polar surface area (TPSA) is 41.4 Å². The molecule has 5 nitrogen and oxygen atoms in total. The van der Waals surface area contributed by atoms with Gasteiger partial charge < -0.3 is 9.80 Å². The molecular weight excluding hydrogens is 396 g/mol.